The first-order valence-corrected chi connectivity index (χ1v) is 4.87. The Bertz CT molecular complexity index is 254. The average Bonchev–Trinajstić information content (AvgIpc) is 1.94. The minimum atomic E-state index is -0.918. The molecule has 0 saturated heterocycles. The normalized spacial score (nSPS) is 14.9. The summed E-state index contributed by atoms with van der Waals surface area (Å²) in [6.07, 6.45) is -1.84. The van der Waals surface area contributed by atoms with Gasteiger partial charge in [-0.15, -0.1) is 10.2 Å². The molecule has 0 fully saturated rings. The van der Waals surface area contributed by atoms with E-state index in [0.29, 0.717) is 0 Å². The van der Waals surface area contributed by atoms with Crippen molar-refractivity contribution in [3.8, 4) is 0 Å². The Labute approximate surface area is 95.6 Å². The highest BCUT2D eigenvalue weighted by Gasteiger charge is 2.05. The molecule has 6 nitrogen and oxygen atoms in total. The average molecular weight is 230 g/mol. The highest BCUT2D eigenvalue weighted by atomic mass is 16.6. The molecule has 6 heteroatoms. The van der Waals surface area contributed by atoms with Crippen LogP contribution in [0.4, 0.5) is 0 Å². The minimum Gasteiger partial charge on any atom is -0.593 e. The van der Waals surface area contributed by atoms with Crippen LogP contribution in [0.25, 0.3) is 0 Å². The highest BCUT2D eigenvalue weighted by molar-refractivity contribution is 5.66. The molecule has 94 valence electrons. The van der Waals surface area contributed by atoms with Gasteiger partial charge < -0.3 is 19.7 Å². The molecule has 0 aliphatic heterocycles. The lowest BCUT2D eigenvalue weighted by molar-refractivity contribution is -0.266. The van der Waals surface area contributed by atoms with Gasteiger partial charge in [0.25, 0.3) is 0 Å². The van der Waals surface area contributed by atoms with E-state index in [0.717, 1.165) is 0 Å². The smallest absolute Gasteiger partial charge is 0.175 e. The van der Waals surface area contributed by atoms with Crippen molar-refractivity contribution in [1.82, 2.24) is 0 Å². The Morgan fingerprint density at radius 1 is 0.750 bits per heavy atom. The zero-order valence-corrected chi connectivity index (χ0v) is 10.5. The van der Waals surface area contributed by atoms with E-state index in [1.165, 1.54) is 0 Å². The molecule has 0 aliphatic carbocycles. The van der Waals surface area contributed by atoms with Crippen LogP contribution in [0, 0.1) is 0 Å². The van der Waals surface area contributed by atoms with E-state index in [1.807, 2.05) is 0 Å². The van der Waals surface area contributed by atoms with Crippen molar-refractivity contribution in [1.29, 1.82) is 0 Å². The predicted molar refractivity (Wildman–Crippen MR) is 56.5 cm³/mol. The summed E-state index contributed by atoms with van der Waals surface area (Å²) < 4.78 is 9.62. The van der Waals surface area contributed by atoms with Crippen molar-refractivity contribution < 1.29 is 19.7 Å². The molecule has 0 rings (SSSR count). The summed E-state index contributed by atoms with van der Waals surface area (Å²) in [5.74, 6) is 0. The van der Waals surface area contributed by atoms with E-state index in [4.69, 9.17) is 9.47 Å². The van der Waals surface area contributed by atoms with Crippen LogP contribution < -0.4 is 10.2 Å². The maximum atomic E-state index is 11.0. The molecule has 0 aromatic heterocycles. The number of rotatable bonds is 1. The van der Waals surface area contributed by atoms with Gasteiger partial charge in [0.1, 0.15) is 0 Å². The molecule has 0 radical (unpaired) electrons. The molecule has 16 heavy (non-hydrogen) atoms. The van der Waals surface area contributed by atoms with Crippen LogP contribution in [0.3, 0.4) is 0 Å². The maximum absolute atomic E-state index is 11.0. The van der Waals surface area contributed by atoms with Gasteiger partial charge in [0, 0.05) is 11.2 Å². The van der Waals surface area contributed by atoms with Gasteiger partial charge in [0.15, 0.2) is 12.2 Å². The lowest BCUT2D eigenvalue weighted by Gasteiger charge is -2.30. The fourth-order valence-corrected chi connectivity index (χ4v) is 0.646. The molecule has 0 N–H and O–H groups in total. The molecule has 0 aromatic rings. The molecule has 0 saturated carbocycles. The Morgan fingerprint density at radius 3 is 1.19 bits per heavy atom. The molecule has 0 aliphatic rings. The number of ether oxygens (including phenoxy) is 2. The third-order valence-corrected chi connectivity index (χ3v) is 1.00. The molecule has 0 bridgehead atoms. The van der Waals surface area contributed by atoms with Gasteiger partial charge in [0.05, 0.1) is 0 Å². The Morgan fingerprint density at radius 2 is 1.00 bits per heavy atom. The van der Waals surface area contributed by atoms with Crippen LogP contribution in [0.15, 0.2) is 10.2 Å². The second kappa shape index (κ2) is 5.05. The second-order valence-corrected chi connectivity index (χ2v) is 5.16. The summed E-state index contributed by atoms with van der Waals surface area (Å²) in [5.41, 5.74) is -1.33. The monoisotopic (exact) mass is 230 g/mol. The van der Waals surface area contributed by atoms with Gasteiger partial charge in [0.2, 0.25) is 0 Å². The van der Waals surface area contributed by atoms with Crippen molar-refractivity contribution in [2.45, 2.75) is 52.7 Å². The van der Waals surface area contributed by atoms with Crippen LogP contribution >= 0.6 is 0 Å². The standard InChI is InChI=1S/C10H20N2O4/c1-9(2,3)15-7(13)11-12-8(14)16-10(4,5)6/h1-6H3,(H,11,13)(H,12,14)/p-2. The number of nitrogens with zero attached hydrogens (tertiary/aromatic N) is 2. The number of hydrogen-bond donors (Lipinski definition) is 0. The van der Waals surface area contributed by atoms with Crippen LogP contribution in [0.5, 0.6) is 0 Å². The summed E-state index contributed by atoms with van der Waals surface area (Å²) in [6.45, 7) is 10.1. The first-order chi connectivity index (χ1) is 6.99. The summed E-state index contributed by atoms with van der Waals surface area (Å²) in [4.78, 5) is 0. The molecule has 0 heterocycles. The van der Waals surface area contributed by atoms with E-state index in [9.17, 15) is 10.2 Å². The van der Waals surface area contributed by atoms with Crippen molar-refractivity contribution in [2.24, 2.45) is 10.2 Å². The molecule has 0 amide bonds. The van der Waals surface area contributed by atoms with E-state index in [-0.39, 0.29) is 0 Å². The second-order valence-electron chi connectivity index (χ2n) is 5.16. The van der Waals surface area contributed by atoms with Gasteiger partial charge in [-0.2, -0.15) is 0 Å². The highest BCUT2D eigenvalue weighted by Crippen LogP contribution is 2.07. The summed E-state index contributed by atoms with van der Waals surface area (Å²) >= 11 is 0. The third-order valence-electron chi connectivity index (χ3n) is 1.00. The summed E-state index contributed by atoms with van der Waals surface area (Å²) in [7, 11) is 0. The zero-order valence-electron chi connectivity index (χ0n) is 10.5. The first kappa shape index (κ1) is 14.5. The van der Waals surface area contributed by atoms with Gasteiger partial charge in [-0.1, -0.05) is 41.5 Å². The van der Waals surface area contributed by atoms with Crippen molar-refractivity contribution in [3.05, 3.63) is 0 Å². The third kappa shape index (κ3) is 9.11. The van der Waals surface area contributed by atoms with Crippen molar-refractivity contribution in [2.75, 3.05) is 0 Å². The van der Waals surface area contributed by atoms with E-state index < -0.39 is 23.4 Å². The molecule has 0 unspecified atom stereocenters. The molecule has 0 atom stereocenters. The van der Waals surface area contributed by atoms with E-state index >= 15 is 0 Å². The lowest BCUT2D eigenvalue weighted by atomic mass is 10.2. The quantitative estimate of drug-likeness (QED) is 0.359. The fourth-order valence-electron chi connectivity index (χ4n) is 0.646. The lowest BCUT2D eigenvalue weighted by Crippen LogP contribution is -2.33. The van der Waals surface area contributed by atoms with E-state index in [2.05, 4.69) is 10.2 Å². The van der Waals surface area contributed by atoms with E-state index in [1.54, 1.807) is 41.5 Å². The van der Waals surface area contributed by atoms with Crippen molar-refractivity contribution in [3.63, 3.8) is 0 Å². The topological polar surface area (TPSA) is 89.3 Å². The first-order valence-electron chi connectivity index (χ1n) is 4.87. The van der Waals surface area contributed by atoms with Crippen LogP contribution in [0.1, 0.15) is 41.5 Å². The Hall–Kier alpha value is -1.46. The maximum Gasteiger partial charge on any atom is 0.175 e. The van der Waals surface area contributed by atoms with Gasteiger partial charge in [-0.25, -0.2) is 0 Å². The van der Waals surface area contributed by atoms with Crippen molar-refractivity contribution >= 4 is 12.2 Å². The van der Waals surface area contributed by atoms with Crippen LogP contribution in [0.2, 0.25) is 0 Å². The summed E-state index contributed by atoms with van der Waals surface area (Å²) in [5, 5.41) is 28.2. The molecule has 0 aromatic carbocycles. The van der Waals surface area contributed by atoms with Crippen LogP contribution in [-0.4, -0.2) is 23.4 Å². The van der Waals surface area contributed by atoms with Crippen LogP contribution in [-0.2, 0) is 9.47 Å². The Kier molecular flexibility index (Phi) is 4.59. The number of hydrogen-bond acceptors (Lipinski definition) is 6. The molecular formula is C10H18N2O4-2. The predicted octanol–water partition coefficient (Wildman–Crippen LogP) is -0.0358. The minimum absolute atomic E-state index is 0.663. The largest absolute Gasteiger partial charge is 0.593 e. The Balaban J connectivity index is 4.39. The zero-order chi connectivity index (χ0) is 13.0. The SMILES string of the molecule is CC(C)(C)O/C([O-])=N/N=C(\[O-])OC(C)(C)C. The molecular weight excluding hydrogens is 212 g/mol. The van der Waals surface area contributed by atoms with Gasteiger partial charge in [-0.05, 0) is 0 Å². The van der Waals surface area contributed by atoms with Gasteiger partial charge in [-0.3, -0.25) is 0 Å². The fraction of sp³-hybridized carbons (Fsp3) is 0.800. The summed E-state index contributed by atoms with van der Waals surface area (Å²) in [6, 6.07) is 0. The van der Waals surface area contributed by atoms with Gasteiger partial charge >= 0.3 is 0 Å². The molecule has 0 spiro atoms.